The van der Waals surface area contributed by atoms with Crippen molar-refractivity contribution in [2.75, 3.05) is 33.0 Å². The zero-order valence-corrected chi connectivity index (χ0v) is 58.2. The van der Waals surface area contributed by atoms with Crippen molar-refractivity contribution in [1.29, 1.82) is 0 Å². The lowest BCUT2D eigenvalue weighted by Crippen LogP contribution is -2.71. The molecule has 552 valence electrons. The van der Waals surface area contributed by atoms with E-state index in [2.05, 4.69) is 16.0 Å². The van der Waals surface area contributed by atoms with Gasteiger partial charge in [0.2, 0.25) is 17.7 Å². The van der Waals surface area contributed by atoms with Crippen LogP contribution in [0.5, 0.6) is 0 Å². The normalized spacial score (nSPS) is 31.3. The first-order valence-electron chi connectivity index (χ1n) is 35.5. The molecule has 0 aromatic heterocycles. The van der Waals surface area contributed by atoms with E-state index in [1.165, 1.54) is 20.8 Å². The number of carbonyl (C=O) groups is 4. The van der Waals surface area contributed by atoms with Gasteiger partial charge < -0.3 is 102 Å². The predicted molar refractivity (Wildman–Crippen MR) is 369 cm³/mol. The zero-order chi connectivity index (χ0) is 71.6. The van der Waals surface area contributed by atoms with Crippen molar-refractivity contribution in [3.8, 4) is 0 Å². The van der Waals surface area contributed by atoms with Crippen LogP contribution >= 0.6 is 0 Å². The molecule has 6 aliphatic heterocycles. The number of fused-ring (bicyclic) bond motifs is 2. The second-order valence-corrected chi connectivity index (χ2v) is 26.7. The molecule has 0 saturated carbocycles. The number of hydrogen-bond donors (Lipinski definition) is 5. The fourth-order valence-corrected chi connectivity index (χ4v) is 13.8. The van der Waals surface area contributed by atoms with Crippen molar-refractivity contribution in [3.05, 3.63) is 215 Å². The molecule has 6 heterocycles. The molecule has 6 aromatic rings. The molecule has 25 nitrogen and oxygen atoms in total. The number of carbonyl (C=O) groups excluding carboxylic acids is 4. The average molecular weight is 1420 g/mol. The highest BCUT2D eigenvalue weighted by Gasteiger charge is 2.58. The van der Waals surface area contributed by atoms with Crippen molar-refractivity contribution in [3.63, 3.8) is 0 Å². The van der Waals surface area contributed by atoms with Crippen LogP contribution < -0.4 is 16.0 Å². The molecule has 5 N–H and O–H groups in total. The first-order chi connectivity index (χ1) is 50.2. The zero-order valence-electron chi connectivity index (χ0n) is 58.2. The monoisotopic (exact) mass is 1420 g/mol. The Morgan fingerprint density at radius 2 is 0.951 bits per heavy atom. The Kier molecular flexibility index (Phi) is 26.9. The van der Waals surface area contributed by atoms with Crippen LogP contribution in [0.1, 0.15) is 99.3 Å². The largest absolute Gasteiger partial charge is 0.445 e. The minimum atomic E-state index is -1.71. The summed E-state index contributed by atoms with van der Waals surface area (Å²) in [5, 5.41) is 33.6. The maximum Gasteiger partial charge on any atom is 0.410 e. The highest BCUT2D eigenvalue weighted by atomic mass is 16.8. The summed E-state index contributed by atoms with van der Waals surface area (Å²) in [6.45, 7) is 6.96. The van der Waals surface area contributed by atoms with Gasteiger partial charge in [0.15, 0.2) is 37.7 Å². The van der Waals surface area contributed by atoms with E-state index in [1.54, 1.807) is 4.90 Å². The minimum Gasteiger partial charge on any atom is -0.445 e. The summed E-state index contributed by atoms with van der Waals surface area (Å²) >= 11 is 0. The Morgan fingerprint density at radius 1 is 0.476 bits per heavy atom. The second kappa shape index (κ2) is 36.9. The standard InChI is InChI=1S/C78H94N4O21/c1-48-40-58(96-75-63(80-50(3)84)70(91-43-54-30-16-7-17-31-54)68-60(97-75)46-92-72(101-68)56-34-20-9-21-35-56)62(79-49(2)83)74(95-48)103-71-64(81-51(4)85)76(98-61-47-93-73(102-69(61)71)57-36-22-10-23-37-57)100-67-59(45-89-42-53-28-14-6-15-29-53)99-77(66(87)65(67)86)90-39-25-11-24-38-82(41-52-26-12-5-13-27-52)78(88)94-44-55-32-18-8-19-33-55/h5-10,12-23,26-37,48,58-77,86-87H,11,24-25,38-47H2,1-4H3,(H,79,83)(H,80,84)(H,81,85)/t48-,58-,59+,60+,61+,62-,63-,64+,65+,66+,67-,68+,69-,70+,71+,72+,73-,74-,75+,76+,77-/m0/s1. The Labute approximate surface area is 599 Å². The van der Waals surface area contributed by atoms with Crippen LogP contribution in [0.3, 0.4) is 0 Å². The van der Waals surface area contributed by atoms with Crippen molar-refractivity contribution in [1.82, 2.24) is 20.9 Å². The predicted octanol–water partition coefficient (Wildman–Crippen LogP) is 7.74. The molecule has 4 amide bonds. The molecule has 6 aromatic carbocycles. The van der Waals surface area contributed by atoms with Crippen LogP contribution in [0.25, 0.3) is 0 Å². The summed E-state index contributed by atoms with van der Waals surface area (Å²) in [5.74, 6) is -1.40. The topological polar surface area (TPSA) is 287 Å². The van der Waals surface area contributed by atoms with E-state index >= 15 is 0 Å². The third-order valence-corrected chi connectivity index (χ3v) is 18.8. The smallest absolute Gasteiger partial charge is 0.410 e. The third kappa shape index (κ3) is 20.3. The van der Waals surface area contributed by atoms with Gasteiger partial charge in [0.25, 0.3) is 0 Å². The first-order valence-corrected chi connectivity index (χ1v) is 35.5. The molecule has 25 heteroatoms. The fourth-order valence-electron chi connectivity index (χ4n) is 13.8. The number of rotatable bonds is 29. The molecule has 21 atom stereocenters. The maximum absolute atomic E-state index is 13.8. The van der Waals surface area contributed by atoms with Gasteiger partial charge in [-0.15, -0.1) is 0 Å². The summed E-state index contributed by atoms with van der Waals surface area (Å²) in [6.07, 6.45) is -19.1. The molecule has 0 aliphatic carbocycles. The van der Waals surface area contributed by atoms with Crippen molar-refractivity contribution < 1.29 is 100 Å². The van der Waals surface area contributed by atoms with Crippen molar-refractivity contribution in [2.24, 2.45) is 0 Å². The number of ether oxygens (including phenoxy) is 15. The number of unbranched alkanes of at least 4 members (excludes halogenated alkanes) is 2. The molecule has 0 radical (unpaired) electrons. The van der Waals surface area contributed by atoms with E-state index < -0.39 is 153 Å². The van der Waals surface area contributed by atoms with E-state index in [-0.39, 0.29) is 52.7 Å². The fraction of sp³-hybridized carbons (Fsp3) is 0.487. The number of amides is 4. The van der Waals surface area contributed by atoms with Gasteiger partial charge in [0.05, 0.1) is 45.2 Å². The van der Waals surface area contributed by atoms with Gasteiger partial charge in [-0.2, -0.15) is 0 Å². The Balaban J connectivity index is 0.786. The van der Waals surface area contributed by atoms with Crippen molar-refractivity contribution in [2.45, 2.75) is 209 Å². The quantitative estimate of drug-likeness (QED) is 0.0281. The van der Waals surface area contributed by atoms with Crippen LogP contribution in [-0.4, -0.2) is 188 Å². The molecule has 6 fully saturated rings. The number of nitrogens with one attached hydrogen (secondary N) is 3. The molecule has 0 spiro atoms. The molecule has 103 heavy (non-hydrogen) atoms. The molecule has 6 aliphatic rings. The van der Waals surface area contributed by atoms with Gasteiger partial charge in [-0.3, -0.25) is 14.4 Å². The van der Waals surface area contributed by atoms with E-state index in [4.69, 9.17) is 71.1 Å². The van der Waals surface area contributed by atoms with Gasteiger partial charge in [-0.25, -0.2) is 4.79 Å². The van der Waals surface area contributed by atoms with Crippen LogP contribution in [0.15, 0.2) is 182 Å². The van der Waals surface area contributed by atoms with Gasteiger partial charge in [0, 0.05) is 58.0 Å². The van der Waals surface area contributed by atoms with E-state index in [1.807, 2.05) is 189 Å². The number of hydrogen-bond acceptors (Lipinski definition) is 21. The summed E-state index contributed by atoms with van der Waals surface area (Å²) in [5.41, 5.74) is 5.01. The summed E-state index contributed by atoms with van der Waals surface area (Å²) in [4.78, 5) is 56.1. The summed E-state index contributed by atoms with van der Waals surface area (Å²) in [7, 11) is 0. The Morgan fingerprint density at radius 3 is 1.51 bits per heavy atom. The molecule has 0 unspecified atom stereocenters. The highest BCUT2D eigenvalue weighted by molar-refractivity contribution is 5.74. The lowest BCUT2D eigenvalue weighted by Gasteiger charge is -2.53. The van der Waals surface area contributed by atoms with Gasteiger partial charge >= 0.3 is 6.09 Å². The first kappa shape index (κ1) is 75.1. The molecular formula is C78H94N4O21. The average Bonchev–Trinajstić information content (AvgIpc) is 0.760. The molecule has 0 bridgehead atoms. The van der Waals surface area contributed by atoms with E-state index in [0.717, 1.165) is 27.8 Å². The number of aliphatic hydroxyl groups is 2. The Bertz CT molecular complexity index is 3580. The molecule has 6 saturated heterocycles. The summed E-state index contributed by atoms with van der Waals surface area (Å²) < 4.78 is 99.5. The van der Waals surface area contributed by atoms with Crippen LogP contribution in [-0.2, 0) is 112 Å². The van der Waals surface area contributed by atoms with Crippen LogP contribution in [0.4, 0.5) is 4.79 Å². The van der Waals surface area contributed by atoms with Gasteiger partial charge in [0.1, 0.15) is 85.8 Å². The second-order valence-electron chi connectivity index (χ2n) is 26.7. The minimum absolute atomic E-state index is 0.0643. The molecular weight excluding hydrogens is 1330 g/mol. The maximum atomic E-state index is 13.8. The summed E-state index contributed by atoms with van der Waals surface area (Å²) in [6, 6.07) is 53.5. The number of benzene rings is 6. The highest BCUT2D eigenvalue weighted by Crippen LogP contribution is 2.42. The van der Waals surface area contributed by atoms with Crippen LogP contribution in [0.2, 0.25) is 0 Å². The van der Waals surface area contributed by atoms with Gasteiger partial charge in [-0.1, -0.05) is 182 Å². The molecule has 12 rings (SSSR count). The lowest BCUT2D eigenvalue weighted by molar-refractivity contribution is -0.388. The van der Waals surface area contributed by atoms with E-state index in [0.29, 0.717) is 37.9 Å². The number of aliphatic hydroxyl groups excluding tert-OH is 2. The Hall–Kier alpha value is -7.64. The van der Waals surface area contributed by atoms with Crippen molar-refractivity contribution >= 4 is 23.8 Å². The van der Waals surface area contributed by atoms with Gasteiger partial charge in [-0.05, 0) is 48.4 Å². The third-order valence-electron chi connectivity index (χ3n) is 18.8. The SMILES string of the molecule is CC(=O)N[C@@H]1[C@H](O[C@H]2C[C@H](C)O[C@@H](O[C@@H]3[C@@H](NC(C)=O)[C@@H](O[C@@H]4[C@H](O)[C@@H](O)[C@@H](OCCCCCN(Cc5ccccc5)C(=O)OCc5ccccc5)O[C@@H]4COCc4ccccc4)O[C@@H]4CO[C@H](c5ccccc5)O[C@H]34)[C@H]2NC(C)=O)O[C@@H]2CO[C@@H](c3ccccc3)O[C@H]2[C@@H]1OCc1ccccc1. The lowest BCUT2D eigenvalue weighted by atomic mass is 9.93. The van der Waals surface area contributed by atoms with Crippen LogP contribution in [0, 0.1) is 0 Å². The van der Waals surface area contributed by atoms with E-state index in [9.17, 15) is 29.4 Å². The number of nitrogens with zero attached hydrogens (tertiary/aromatic N) is 1.